The van der Waals surface area contributed by atoms with Crippen molar-refractivity contribution in [1.29, 1.82) is 0 Å². The van der Waals surface area contributed by atoms with Crippen LogP contribution in [0, 0.1) is 12.3 Å². The van der Waals surface area contributed by atoms with Crippen LogP contribution in [0.3, 0.4) is 0 Å². The number of nitrogens with zero attached hydrogens (tertiary/aromatic N) is 1. The van der Waals surface area contributed by atoms with E-state index in [4.69, 9.17) is 4.74 Å². The normalized spacial score (nSPS) is 22.2. The molecule has 0 aliphatic heterocycles. The second-order valence-electron chi connectivity index (χ2n) is 7.57. The summed E-state index contributed by atoms with van der Waals surface area (Å²) in [4.78, 5) is 4.43. The van der Waals surface area contributed by atoms with Crippen LogP contribution in [0.25, 0.3) is 0 Å². The summed E-state index contributed by atoms with van der Waals surface area (Å²) < 4.78 is 6.33. The van der Waals surface area contributed by atoms with Crippen LogP contribution < -0.4 is 10.1 Å². The molecule has 3 nitrogen and oxygen atoms in total. The van der Waals surface area contributed by atoms with E-state index in [-0.39, 0.29) is 0 Å². The maximum atomic E-state index is 6.33. The van der Waals surface area contributed by atoms with Crippen molar-refractivity contribution >= 4 is 0 Å². The summed E-state index contributed by atoms with van der Waals surface area (Å²) >= 11 is 0. The number of aromatic nitrogens is 1. The highest BCUT2D eigenvalue weighted by Crippen LogP contribution is 2.37. The Morgan fingerprint density at radius 3 is 2.62 bits per heavy atom. The monoisotopic (exact) mass is 288 g/mol. The van der Waals surface area contributed by atoms with Crippen molar-refractivity contribution in [2.24, 2.45) is 5.41 Å². The molecule has 0 saturated heterocycles. The molecule has 3 heteroatoms. The molecule has 1 aromatic heterocycles. The standard InChI is InChI=1S/C18H28N2O/c1-13-10-17(14(11-19-13)12-20-15-4-5-15)21-16-6-8-18(2,3)9-7-16/h10-11,15-16,20H,4-9,12H2,1-3H3. The van der Waals surface area contributed by atoms with Crippen LogP contribution in [-0.4, -0.2) is 17.1 Å². The summed E-state index contributed by atoms with van der Waals surface area (Å²) in [5.41, 5.74) is 2.73. The lowest BCUT2D eigenvalue weighted by Crippen LogP contribution is -2.29. The maximum Gasteiger partial charge on any atom is 0.127 e. The van der Waals surface area contributed by atoms with Crippen molar-refractivity contribution in [2.45, 2.75) is 78.0 Å². The summed E-state index contributed by atoms with van der Waals surface area (Å²) in [6, 6.07) is 2.82. The van der Waals surface area contributed by atoms with E-state index in [0.29, 0.717) is 11.5 Å². The molecular formula is C18H28N2O. The molecule has 0 unspecified atom stereocenters. The van der Waals surface area contributed by atoms with Crippen LogP contribution >= 0.6 is 0 Å². The van der Waals surface area contributed by atoms with Gasteiger partial charge in [0.05, 0.1) is 6.10 Å². The second kappa shape index (κ2) is 5.96. The molecule has 21 heavy (non-hydrogen) atoms. The minimum Gasteiger partial charge on any atom is -0.490 e. The molecule has 3 rings (SSSR count). The zero-order chi connectivity index (χ0) is 14.9. The fourth-order valence-corrected chi connectivity index (χ4v) is 3.02. The molecule has 2 aliphatic rings. The van der Waals surface area contributed by atoms with Crippen LogP contribution in [0.2, 0.25) is 0 Å². The lowest BCUT2D eigenvalue weighted by atomic mass is 9.76. The molecule has 1 N–H and O–H groups in total. The minimum atomic E-state index is 0.375. The first-order chi connectivity index (χ1) is 10.0. The number of ether oxygens (including phenoxy) is 1. The molecule has 2 saturated carbocycles. The van der Waals surface area contributed by atoms with E-state index < -0.39 is 0 Å². The lowest BCUT2D eigenvalue weighted by Gasteiger charge is -2.34. The third-order valence-electron chi connectivity index (χ3n) is 4.82. The van der Waals surface area contributed by atoms with Gasteiger partial charge < -0.3 is 10.1 Å². The van der Waals surface area contributed by atoms with Gasteiger partial charge in [0.1, 0.15) is 5.75 Å². The van der Waals surface area contributed by atoms with Crippen LogP contribution in [0.4, 0.5) is 0 Å². The summed E-state index contributed by atoms with van der Waals surface area (Å²) in [6.07, 6.45) is 9.84. The fraction of sp³-hybridized carbons (Fsp3) is 0.722. The highest BCUT2D eigenvalue weighted by molar-refractivity contribution is 5.33. The molecule has 116 valence electrons. The number of hydrogen-bond acceptors (Lipinski definition) is 3. The number of aryl methyl sites for hydroxylation is 1. The number of nitrogens with one attached hydrogen (secondary N) is 1. The van der Waals surface area contributed by atoms with Crippen molar-refractivity contribution in [3.05, 3.63) is 23.5 Å². The first kappa shape index (κ1) is 14.8. The Bertz CT molecular complexity index is 484. The van der Waals surface area contributed by atoms with Gasteiger partial charge in [-0.05, 0) is 50.9 Å². The van der Waals surface area contributed by atoms with E-state index in [9.17, 15) is 0 Å². The molecule has 1 aromatic rings. The lowest BCUT2D eigenvalue weighted by molar-refractivity contribution is 0.0977. The molecule has 0 atom stereocenters. The third kappa shape index (κ3) is 4.19. The van der Waals surface area contributed by atoms with Gasteiger partial charge in [-0.2, -0.15) is 0 Å². The highest BCUT2D eigenvalue weighted by atomic mass is 16.5. The molecule has 0 amide bonds. The Morgan fingerprint density at radius 1 is 1.24 bits per heavy atom. The average Bonchev–Trinajstić information content (AvgIpc) is 3.24. The smallest absolute Gasteiger partial charge is 0.127 e. The zero-order valence-corrected chi connectivity index (χ0v) is 13.6. The molecule has 1 heterocycles. The van der Waals surface area contributed by atoms with Crippen molar-refractivity contribution in [2.75, 3.05) is 0 Å². The Labute approximate surface area is 128 Å². The summed E-state index contributed by atoms with van der Waals surface area (Å²) in [5.74, 6) is 1.04. The predicted octanol–water partition coefficient (Wildman–Crippen LogP) is 3.99. The number of rotatable bonds is 5. The predicted molar refractivity (Wildman–Crippen MR) is 85.5 cm³/mol. The van der Waals surface area contributed by atoms with Gasteiger partial charge in [-0.25, -0.2) is 0 Å². The molecule has 2 fully saturated rings. The van der Waals surface area contributed by atoms with Gasteiger partial charge in [0.15, 0.2) is 0 Å². The number of hydrogen-bond donors (Lipinski definition) is 1. The molecule has 0 spiro atoms. The van der Waals surface area contributed by atoms with Gasteiger partial charge >= 0.3 is 0 Å². The summed E-state index contributed by atoms with van der Waals surface area (Å²) in [7, 11) is 0. The highest BCUT2D eigenvalue weighted by Gasteiger charge is 2.28. The molecule has 2 aliphatic carbocycles. The molecule has 0 aromatic carbocycles. The quantitative estimate of drug-likeness (QED) is 0.889. The van der Waals surface area contributed by atoms with Crippen LogP contribution in [-0.2, 0) is 6.54 Å². The van der Waals surface area contributed by atoms with Crippen LogP contribution in [0.5, 0.6) is 5.75 Å². The second-order valence-corrected chi connectivity index (χ2v) is 7.57. The van der Waals surface area contributed by atoms with E-state index in [1.54, 1.807) is 0 Å². The Hall–Kier alpha value is -1.09. The average molecular weight is 288 g/mol. The largest absolute Gasteiger partial charge is 0.490 e. The van der Waals surface area contributed by atoms with Gasteiger partial charge in [-0.15, -0.1) is 0 Å². The summed E-state index contributed by atoms with van der Waals surface area (Å²) in [5, 5.41) is 3.56. The SMILES string of the molecule is Cc1cc(OC2CCC(C)(C)CC2)c(CNC2CC2)cn1. The number of pyridine rings is 1. The van der Waals surface area contributed by atoms with Gasteiger partial charge in [-0.1, -0.05) is 13.8 Å². The summed E-state index contributed by atoms with van der Waals surface area (Å²) in [6.45, 7) is 7.65. The van der Waals surface area contributed by atoms with Crippen molar-refractivity contribution in [1.82, 2.24) is 10.3 Å². The minimum absolute atomic E-state index is 0.375. The van der Waals surface area contributed by atoms with Crippen LogP contribution in [0.15, 0.2) is 12.3 Å². The van der Waals surface area contributed by atoms with E-state index in [1.807, 2.05) is 13.1 Å². The third-order valence-corrected chi connectivity index (χ3v) is 4.82. The van der Waals surface area contributed by atoms with Gasteiger partial charge in [0.2, 0.25) is 0 Å². The maximum absolute atomic E-state index is 6.33. The van der Waals surface area contributed by atoms with Gasteiger partial charge in [0.25, 0.3) is 0 Å². The first-order valence-corrected chi connectivity index (χ1v) is 8.37. The first-order valence-electron chi connectivity index (χ1n) is 8.37. The molecular weight excluding hydrogens is 260 g/mol. The molecule has 0 bridgehead atoms. The Kier molecular flexibility index (Phi) is 4.21. The van der Waals surface area contributed by atoms with Gasteiger partial charge in [-0.3, -0.25) is 4.98 Å². The van der Waals surface area contributed by atoms with Gasteiger partial charge in [0, 0.05) is 36.1 Å². The van der Waals surface area contributed by atoms with Crippen molar-refractivity contribution < 1.29 is 4.74 Å². The van der Waals surface area contributed by atoms with E-state index >= 15 is 0 Å². The Morgan fingerprint density at radius 2 is 1.95 bits per heavy atom. The zero-order valence-electron chi connectivity index (χ0n) is 13.6. The topological polar surface area (TPSA) is 34.1 Å². The van der Waals surface area contributed by atoms with E-state index in [0.717, 1.165) is 24.0 Å². The molecule has 0 radical (unpaired) electrons. The van der Waals surface area contributed by atoms with Crippen LogP contribution in [0.1, 0.15) is 63.6 Å². The van der Waals surface area contributed by atoms with Crippen molar-refractivity contribution in [3.8, 4) is 5.75 Å². The van der Waals surface area contributed by atoms with E-state index in [2.05, 4.69) is 30.2 Å². The van der Waals surface area contributed by atoms with Crippen molar-refractivity contribution in [3.63, 3.8) is 0 Å². The Balaban J connectivity index is 1.64. The van der Waals surface area contributed by atoms with E-state index in [1.165, 1.54) is 44.1 Å². The fourth-order valence-electron chi connectivity index (χ4n) is 3.02.